The molecule has 7 nitrogen and oxygen atoms in total. The van der Waals surface area contributed by atoms with Crippen LogP contribution >= 0.6 is 0 Å². The van der Waals surface area contributed by atoms with Crippen molar-refractivity contribution < 1.29 is 9.21 Å². The molecule has 1 amide bonds. The second-order valence-corrected chi connectivity index (χ2v) is 5.25. The zero-order valence-corrected chi connectivity index (χ0v) is 12.2. The number of carbonyl (C=O) groups excluding carboxylic acids is 1. The quantitative estimate of drug-likeness (QED) is 0.812. The van der Waals surface area contributed by atoms with E-state index >= 15 is 0 Å². The molecule has 116 valence electrons. The first-order chi connectivity index (χ1) is 10.7. The van der Waals surface area contributed by atoms with E-state index in [9.17, 15) is 9.59 Å². The van der Waals surface area contributed by atoms with E-state index in [1.807, 2.05) is 16.9 Å². The highest BCUT2D eigenvalue weighted by Gasteiger charge is 2.22. The van der Waals surface area contributed by atoms with Crippen molar-refractivity contribution in [1.82, 2.24) is 19.6 Å². The molecule has 1 saturated heterocycles. The van der Waals surface area contributed by atoms with Gasteiger partial charge in [-0.1, -0.05) is 0 Å². The summed E-state index contributed by atoms with van der Waals surface area (Å²) in [6.45, 7) is 4.80. The number of amides is 1. The highest BCUT2D eigenvalue weighted by molar-refractivity contribution is 5.93. The minimum absolute atomic E-state index is 0.0875. The number of piperazine rings is 1. The molecule has 0 spiro atoms. The van der Waals surface area contributed by atoms with Gasteiger partial charge < -0.3 is 9.32 Å². The van der Waals surface area contributed by atoms with E-state index in [0.29, 0.717) is 18.7 Å². The Morgan fingerprint density at radius 3 is 2.64 bits per heavy atom. The molecule has 0 radical (unpaired) electrons. The Morgan fingerprint density at radius 2 is 2.00 bits per heavy atom. The van der Waals surface area contributed by atoms with Crippen LogP contribution in [0.5, 0.6) is 0 Å². The van der Waals surface area contributed by atoms with Crippen molar-refractivity contribution in [2.45, 2.75) is 6.54 Å². The maximum absolute atomic E-state index is 12.3. The first-order valence-electron chi connectivity index (χ1n) is 7.30. The fraction of sp³-hybridized carbons (Fsp3) is 0.400. The minimum atomic E-state index is -0.444. The highest BCUT2D eigenvalue weighted by Crippen LogP contribution is 2.08. The van der Waals surface area contributed by atoms with Crippen molar-refractivity contribution >= 4 is 5.91 Å². The average Bonchev–Trinajstić information content (AvgIpc) is 3.07. The van der Waals surface area contributed by atoms with Gasteiger partial charge in [0.15, 0.2) is 0 Å². The summed E-state index contributed by atoms with van der Waals surface area (Å²) in [4.78, 5) is 27.3. The molecule has 22 heavy (non-hydrogen) atoms. The summed E-state index contributed by atoms with van der Waals surface area (Å²) in [5.41, 5.74) is -0.0235. The molecule has 0 unspecified atom stereocenters. The van der Waals surface area contributed by atoms with E-state index in [1.165, 1.54) is 18.4 Å². The van der Waals surface area contributed by atoms with Gasteiger partial charge in [-0.25, -0.2) is 4.79 Å². The van der Waals surface area contributed by atoms with Gasteiger partial charge in [0.05, 0.1) is 12.1 Å². The van der Waals surface area contributed by atoms with Gasteiger partial charge in [-0.3, -0.25) is 14.4 Å². The Balaban J connectivity index is 1.49. The summed E-state index contributed by atoms with van der Waals surface area (Å²) in [6, 6.07) is 4.70. The number of hydrogen-bond acceptors (Lipinski definition) is 5. The maximum Gasteiger partial charge on any atom is 0.335 e. The molecule has 1 aliphatic rings. The Labute approximate surface area is 127 Å². The van der Waals surface area contributed by atoms with Gasteiger partial charge in [-0.15, -0.1) is 0 Å². The van der Waals surface area contributed by atoms with Crippen molar-refractivity contribution in [2.75, 3.05) is 32.7 Å². The average molecular weight is 302 g/mol. The van der Waals surface area contributed by atoms with Gasteiger partial charge in [0.1, 0.15) is 6.26 Å². The van der Waals surface area contributed by atoms with Gasteiger partial charge in [0.2, 0.25) is 0 Å². The van der Waals surface area contributed by atoms with E-state index < -0.39 is 5.63 Å². The lowest BCUT2D eigenvalue weighted by Gasteiger charge is -2.34. The predicted octanol–water partition coefficient (Wildman–Crippen LogP) is 0.294. The fourth-order valence-corrected chi connectivity index (χ4v) is 2.51. The van der Waals surface area contributed by atoms with Crippen LogP contribution in [0.4, 0.5) is 0 Å². The molecule has 0 bridgehead atoms. The van der Waals surface area contributed by atoms with Crippen molar-refractivity contribution in [3.8, 4) is 0 Å². The molecule has 3 rings (SSSR count). The Hall–Kier alpha value is -2.41. The Bertz CT molecular complexity index is 652. The third-order valence-corrected chi connectivity index (χ3v) is 3.81. The van der Waals surface area contributed by atoms with Crippen LogP contribution in [-0.2, 0) is 6.54 Å². The largest absolute Gasteiger partial charge is 0.430 e. The second kappa shape index (κ2) is 6.57. The van der Waals surface area contributed by atoms with Gasteiger partial charge in [0.25, 0.3) is 5.91 Å². The lowest BCUT2D eigenvalue weighted by molar-refractivity contribution is 0.0629. The van der Waals surface area contributed by atoms with Crippen LogP contribution in [0.25, 0.3) is 0 Å². The zero-order valence-electron chi connectivity index (χ0n) is 12.2. The predicted molar refractivity (Wildman–Crippen MR) is 79.5 cm³/mol. The zero-order chi connectivity index (χ0) is 15.4. The summed E-state index contributed by atoms with van der Waals surface area (Å²) in [5, 5.41) is 4.18. The lowest BCUT2D eigenvalue weighted by Crippen LogP contribution is -2.49. The molecule has 2 aromatic heterocycles. The van der Waals surface area contributed by atoms with Gasteiger partial charge in [-0.2, -0.15) is 5.10 Å². The van der Waals surface area contributed by atoms with Crippen LogP contribution in [0.15, 0.2) is 46.1 Å². The van der Waals surface area contributed by atoms with Gasteiger partial charge >= 0.3 is 5.63 Å². The molecule has 2 aromatic rings. The van der Waals surface area contributed by atoms with E-state index in [4.69, 9.17) is 4.42 Å². The minimum Gasteiger partial charge on any atom is -0.430 e. The smallest absolute Gasteiger partial charge is 0.335 e. The SMILES string of the molecule is O=C(c1ccc(=O)oc1)N1CCN(CCn2cccn2)CC1. The highest BCUT2D eigenvalue weighted by atomic mass is 16.4. The molecule has 0 N–H and O–H groups in total. The van der Waals surface area contributed by atoms with Gasteiger partial charge in [0, 0.05) is 51.2 Å². The molecule has 1 fully saturated rings. The Morgan fingerprint density at radius 1 is 1.18 bits per heavy atom. The van der Waals surface area contributed by atoms with Crippen LogP contribution in [0.3, 0.4) is 0 Å². The maximum atomic E-state index is 12.3. The molecule has 0 atom stereocenters. The lowest BCUT2D eigenvalue weighted by atomic mass is 10.2. The molecular weight excluding hydrogens is 284 g/mol. The van der Waals surface area contributed by atoms with Crippen LogP contribution in [0.2, 0.25) is 0 Å². The van der Waals surface area contributed by atoms with Crippen molar-refractivity contribution in [1.29, 1.82) is 0 Å². The second-order valence-electron chi connectivity index (χ2n) is 5.25. The van der Waals surface area contributed by atoms with E-state index in [1.54, 1.807) is 11.1 Å². The van der Waals surface area contributed by atoms with Crippen LogP contribution in [-0.4, -0.2) is 58.2 Å². The van der Waals surface area contributed by atoms with Crippen molar-refractivity contribution in [3.05, 3.63) is 52.8 Å². The van der Waals surface area contributed by atoms with Gasteiger partial charge in [-0.05, 0) is 12.1 Å². The van der Waals surface area contributed by atoms with E-state index in [0.717, 1.165) is 26.2 Å². The molecule has 0 saturated carbocycles. The van der Waals surface area contributed by atoms with E-state index in [-0.39, 0.29) is 5.91 Å². The summed E-state index contributed by atoms with van der Waals surface area (Å²) in [5.74, 6) is -0.0875. The first kappa shape index (κ1) is 14.5. The molecule has 1 aliphatic heterocycles. The summed E-state index contributed by atoms with van der Waals surface area (Å²) >= 11 is 0. The summed E-state index contributed by atoms with van der Waals surface area (Å²) in [7, 11) is 0. The Kier molecular flexibility index (Phi) is 4.34. The van der Waals surface area contributed by atoms with Crippen LogP contribution in [0, 0.1) is 0 Å². The molecule has 0 aromatic carbocycles. The number of carbonyl (C=O) groups is 1. The number of rotatable bonds is 4. The molecule has 7 heteroatoms. The number of hydrogen-bond donors (Lipinski definition) is 0. The first-order valence-corrected chi connectivity index (χ1v) is 7.30. The van der Waals surface area contributed by atoms with Crippen LogP contribution < -0.4 is 5.63 Å². The molecule has 3 heterocycles. The monoisotopic (exact) mass is 302 g/mol. The summed E-state index contributed by atoms with van der Waals surface area (Å²) < 4.78 is 6.65. The number of nitrogens with zero attached hydrogens (tertiary/aromatic N) is 4. The standard InChI is InChI=1S/C15H18N4O3/c20-14-3-2-13(12-22-14)15(21)18-9-6-17(7-10-18)8-11-19-5-1-4-16-19/h1-5,12H,6-11H2. The topological polar surface area (TPSA) is 71.6 Å². The molecular formula is C15H18N4O3. The summed E-state index contributed by atoms with van der Waals surface area (Å²) in [6.07, 6.45) is 4.95. The third-order valence-electron chi connectivity index (χ3n) is 3.81. The molecule has 0 aliphatic carbocycles. The fourth-order valence-electron chi connectivity index (χ4n) is 2.51. The normalized spacial score (nSPS) is 15.9. The van der Waals surface area contributed by atoms with Crippen molar-refractivity contribution in [3.63, 3.8) is 0 Å². The third kappa shape index (κ3) is 3.43. The van der Waals surface area contributed by atoms with Crippen molar-refractivity contribution in [2.24, 2.45) is 0 Å². The van der Waals surface area contributed by atoms with E-state index in [2.05, 4.69) is 10.00 Å². The van der Waals surface area contributed by atoms with Crippen LogP contribution in [0.1, 0.15) is 10.4 Å². The number of aromatic nitrogens is 2.